The van der Waals surface area contributed by atoms with Crippen LogP contribution in [0.4, 0.5) is 0 Å². The highest BCUT2D eigenvalue weighted by atomic mass is 35.5. The molecule has 126 valence electrons. The smallest absolute Gasteiger partial charge is 0.255 e. The molecule has 0 N–H and O–H groups in total. The number of amides is 3. The number of imide groups is 1. The molecule has 4 rings (SSSR count). The highest BCUT2D eigenvalue weighted by Gasteiger charge is 2.48. The fourth-order valence-corrected chi connectivity index (χ4v) is 4.68. The lowest BCUT2D eigenvalue weighted by Crippen LogP contribution is -2.53. The molecule has 6 heteroatoms. The molecule has 2 bridgehead atoms. The standard InChI is InChI=1S/C18H19ClN2O3/c19-15-4-2-1-3-14(15)18(24)20-11-5-6-12(20)10-13(9-11)21-16(22)7-8-17(21)23/h1-4,11-13H,5-10H2. The minimum atomic E-state index is -0.0599. The van der Waals surface area contributed by atoms with Crippen molar-refractivity contribution in [1.29, 1.82) is 0 Å². The van der Waals surface area contributed by atoms with E-state index in [0.29, 0.717) is 36.3 Å². The molecule has 3 amide bonds. The predicted molar refractivity (Wildman–Crippen MR) is 88.5 cm³/mol. The van der Waals surface area contributed by atoms with E-state index in [1.807, 2.05) is 17.0 Å². The van der Waals surface area contributed by atoms with E-state index < -0.39 is 0 Å². The maximum atomic E-state index is 12.9. The number of halogens is 1. The van der Waals surface area contributed by atoms with E-state index in [2.05, 4.69) is 0 Å². The van der Waals surface area contributed by atoms with Crippen molar-refractivity contribution in [1.82, 2.24) is 9.80 Å². The SMILES string of the molecule is O=C1CCC(=O)N1C1CC2CCC(C1)N2C(=O)c1ccccc1Cl. The lowest BCUT2D eigenvalue weighted by atomic mass is 9.95. The Bertz CT molecular complexity index is 690. The highest BCUT2D eigenvalue weighted by molar-refractivity contribution is 6.33. The van der Waals surface area contributed by atoms with Crippen LogP contribution in [0.1, 0.15) is 48.9 Å². The van der Waals surface area contributed by atoms with E-state index in [1.54, 1.807) is 12.1 Å². The van der Waals surface area contributed by atoms with Gasteiger partial charge in [0.05, 0.1) is 10.6 Å². The number of carbonyl (C=O) groups is 3. The van der Waals surface area contributed by atoms with Crippen LogP contribution in [0.3, 0.4) is 0 Å². The molecular weight excluding hydrogens is 328 g/mol. The molecule has 3 aliphatic rings. The third kappa shape index (κ3) is 2.42. The fraction of sp³-hybridized carbons (Fsp3) is 0.500. The Morgan fingerprint density at radius 2 is 1.54 bits per heavy atom. The molecule has 0 radical (unpaired) electrons. The maximum Gasteiger partial charge on any atom is 0.255 e. The third-order valence-electron chi connectivity index (χ3n) is 5.50. The van der Waals surface area contributed by atoms with Gasteiger partial charge in [0, 0.05) is 31.0 Å². The van der Waals surface area contributed by atoms with Gasteiger partial charge in [-0.1, -0.05) is 23.7 Å². The summed E-state index contributed by atoms with van der Waals surface area (Å²) < 4.78 is 0. The van der Waals surface area contributed by atoms with Crippen molar-refractivity contribution in [3.63, 3.8) is 0 Å². The van der Waals surface area contributed by atoms with E-state index in [9.17, 15) is 14.4 Å². The number of likely N-dealkylation sites (tertiary alicyclic amines) is 1. The summed E-state index contributed by atoms with van der Waals surface area (Å²) in [6.07, 6.45) is 3.87. The molecule has 24 heavy (non-hydrogen) atoms. The normalized spacial score (nSPS) is 29.5. The molecule has 0 spiro atoms. The Morgan fingerprint density at radius 3 is 2.12 bits per heavy atom. The molecule has 3 aliphatic heterocycles. The molecule has 3 saturated heterocycles. The molecule has 2 atom stereocenters. The molecule has 1 aromatic carbocycles. The lowest BCUT2D eigenvalue weighted by molar-refractivity contribution is -0.142. The van der Waals surface area contributed by atoms with Gasteiger partial charge in [0.15, 0.2) is 0 Å². The quantitative estimate of drug-likeness (QED) is 0.773. The molecule has 3 heterocycles. The van der Waals surface area contributed by atoms with E-state index in [-0.39, 0.29) is 35.8 Å². The van der Waals surface area contributed by atoms with Gasteiger partial charge < -0.3 is 4.90 Å². The van der Waals surface area contributed by atoms with Crippen LogP contribution in [0, 0.1) is 0 Å². The molecule has 2 unspecified atom stereocenters. The zero-order valence-electron chi connectivity index (χ0n) is 13.3. The van der Waals surface area contributed by atoms with Crippen molar-refractivity contribution in [2.24, 2.45) is 0 Å². The Hall–Kier alpha value is -1.88. The fourth-order valence-electron chi connectivity index (χ4n) is 4.47. The van der Waals surface area contributed by atoms with Crippen LogP contribution in [0.15, 0.2) is 24.3 Å². The van der Waals surface area contributed by atoms with Gasteiger partial charge in [-0.25, -0.2) is 0 Å². The van der Waals surface area contributed by atoms with Crippen molar-refractivity contribution in [2.75, 3.05) is 0 Å². The van der Waals surface area contributed by atoms with Crippen LogP contribution in [0.2, 0.25) is 5.02 Å². The van der Waals surface area contributed by atoms with Gasteiger partial charge in [0.2, 0.25) is 11.8 Å². The summed E-state index contributed by atoms with van der Waals surface area (Å²) in [7, 11) is 0. The summed E-state index contributed by atoms with van der Waals surface area (Å²) in [6.45, 7) is 0. The van der Waals surface area contributed by atoms with Crippen LogP contribution in [0.25, 0.3) is 0 Å². The Morgan fingerprint density at radius 1 is 0.958 bits per heavy atom. The molecule has 0 saturated carbocycles. The number of piperidine rings is 1. The molecule has 0 aliphatic carbocycles. The van der Waals surface area contributed by atoms with Gasteiger partial charge in [-0.2, -0.15) is 0 Å². The van der Waals surface area contributed by atoms with Crippen molar-refractivity contribution >= 4 is 29.3 Å². The molecular formula is C18H19ClN2O3. The van der Waals surface area contributed by atoms with Gasteiger partial charge in [-0.15, -0.1) is 0 Å². The first-order valence-corrected chi connectivity index (χ1v) is 8.86. The summed E-state index contributed by atoms with van der Waals surface area (Å²) in [5.74, 6) is -0.156. The van der Waals surface area contributed by atoms with Gasteiger partial charge in [0.1, 0.15) is 0 Å². The summed E-state index contributed by atoms with van der Waals surface area (Å²) in [5, 5.41) is 0.467. The van der Waals surface area contributed by atoms with Crippen molar-refractivity contribution in [3.05, 3.63) is 34.9 Å². The summed E-state index contributed by atoms with van der Waals surface area (Å²) >= 11 is 6.18. The minimum absolute atomic E-state index is 0.0365. The maximum absolute atomic E-state index is 12.9. The minimum Gasteiger partial charge on any atom is -0.332 e. The van der Waals surface area contributed by atoms with Gasteiger partial charge in [0.25, 0.3) is 5.91 Å². The van der Waals surface area contributed by atoms with Crippen molar-refractivity contribution in [2.45, 2.75) is 56.7 Å². The number of rotatable bonds is 2. The van der Waals surface area contributed by atoms with Crippen LogP contribution < -0.4 is 0 Å². The third-order valence-corrected chi connectivity index (χ3v) is 5.83. The summed E-state index contributed by atoms with van der Waals surface area (Å²) in [5.41, 5.74) is 0.530. The zero-order valence-corrected chi connectivity index (χ0v) is 14.0. The number of benzene rings is 1. The zero-order chi connectivity index (χ0) is 16.8. The van der Waals surface area contributed by atoms with Gasteiger partial charge in [-0.3, -0.25) is 19.3 Å². The summed E-state index contributed by atoms with van der Waals surface area (Å²) in [4.78, 5) is 40.3. The first kappa shape index (κ1) is 15.6. The number of carbonyl (C=O) groups excluding carboxylic acids is 3. The molecule has 5 nitrogen and oxygen atoms in total. The molecule has 1 aromatic rings. The first-order chi connectivity index (χ1) is 11.6. The van der Waals surface area contributed by atoms with E-state index in [4.69, 9.17) is 11.6 Å². The van der Waals surface area contributed by atoms with Crippen molar-refractivity contribution in [3.8, 4) is 0 Å². The van der Waals surface area contributed by atoms with Gasteiger partial charge in [-0.05, 0) is 37.8 Å². The summed E-state index contributed by atoms with van der Waals surface area (Å²) in [6, 6.07) is 7.21. The van der Waals surface area contributed by atoms with E-state index in [1.165, 1.54) is 4.90 Å². The second-order valence-corrected chi connectivity index (χ2v) is 7.27. The van der Waals surface area contributed by atoms with Crippen LogP contribution in [-0.2, 0) is 9.59 Å². The van der Waals surface area contributed by atoms with Gasteiger partial charge >= 0.3 is 0 Å². The van der Waals surface area contributed by atoms with E-state index in [0.717, 1.165) is 12.8 Å². The second kappa shape index (κ2) is 5.88. The monoisotopic (exact) mass is 346 g/mol. The topological polar surface area (TPSA) is 57.7 Å². The Kier molecular flexibility index (Phi) is 3.83. The number of nitrogens with zero attached hydrogens (tertiary/aromatic N) is 2. The first-order valence-electron chi connectivity index (χ1n) is 8.48. The van der Waals surface area contributed by atoms with Crippen LogP contribution >= 0.6 is 11.6 Å². The Labute approximate surface area is 145 Å². The predicted octanol–water partition coefficient (Wildman–Crippen LogP) is 2.62. The molecule has 3 fully saturated rings. The van der Waals surface area contributed by atoms with Crippen LogP contribution in [0.5, 0.6) is 0 Å². The number of hydrogen-bond donors (Lipinski definition) is 0. The number of fused-ring (bicyclic) bond motifs is 2. The Balaban J connectivity index is 1.55. The second-order valence-electron chi connectivity index (χ2n) is 6.86. The molecule has 0 aromatic heterocycles. The van der Waals surface area contributed by atoms with E-state index >= 15 is 0 Å². The lowest BCUT2D eigenvalue weighted by Gasteiger charge is -2.41. The average Bonchev–Trinajstić information content (AvgIpc) is 3.03. The largest absolute Gasteiger partial charge is 0.332 e. The average molecular weight is 347 g/mol. The van der Waals surface area contributed by atoms with Crippen molar-refractivity contribution < 1.29 is 14.4 Å². The van der Waals surface area contributed by atoms with Crippen LogP contribution in [-0.4, -0.2) is 45.6 Å². The highest BCUT2D eigenvalue weighted by Crippen LogP contribution is 2.40. The number of hydrogen-bond acceptors (Lipinski definition) is 3.